The molecule has 0 saturated heterocycles. The Morgan fingerprint density at radius 3 is 2.20 bits per heavy atom. The van der Waals surface area contributed by atoms with Crippen molar-refractivity contribution in [3.05, 3.63) is 64.2 Å². The van der Waals surface area contributed by atoms with Crippen LogP contribution in [0, 0.1) is 0 Å². The summed E-state index contributed by atoms with van der Waals surface area (Å²) in [6.07, 6.45) is 0.363. The van der Waals surface area contributed by atoms with Gasteiger partial charge in [-0.2, -0.15) is 0 Å². The van der Waals surface area contributed by atoms with Gasteiger partial charge < -0.3 is 10.8 Å². The number of benzene rings is 2. The van der Waals surface area contributed by atoms with Gasteiger partial charge in [0.25, 0.3) is 0 Å². The Balaban J connectivity index is 2.26. The maximum absolute atomic E-state index is 12.5. The SMILES string of the molecule is Nc1c(CCO)ccc2c1C(=O)c1ccccc1C2=O. The number of rotatable bonds is 2. The molecule has 4 heteroatoms. The molecular formula is C16H13NO3. The predicted octanol–water partition coefficient (Wildman–Crippen LogP) is 1.58. The zero-order valence-corrected chi connectivity index (χ0v) is 10.7. The topological polar surface area (TPSA) is 80.4 Å². The molecule has 0 fully saturated rings. The van der Waals surface area contributed by atoms with Gasteiger partial charge in [-0.05, 0) is 18.1 Å². The van der Waals surface area contributed by atoms with Crippen LogP contribution in [0.3, 0.4) is 0 Å². The lowest BCUT2D eigenvalue weighted by Gasteiger charge is -2.20. The number of carbonyl (C=O) groups excluding carboxylic acids is 2. The molecule has 0 unspecified atom stereocenters. The molecular weight excluding hydrogens is 254 g/mol. The number of nitrogen functional groups attached to an aromatic ring is 1. The molecule has 0 bridgehead atoms. The van der Waals surface area contributed by atoms with E-state index in [0.29, 0.717) is 34.4 Å². The molecule has 2 aromatic rings. The first-order valence-electron chi connectivity index (χ1n) is 6.35. The van der Waals surface area contributed by atoms with E-state index in [1.165, 1.54) is 0 Å². The molecule has 0 saturated carbocycles. The van der Waals surface area contributed by atoms with E-state index in [1.807, 2.05) is 0 Å². The zero-order valence-electron chi connectivity index (χ0n) is 10.7. The molecule has 0 aromatic heterocycles. The fourth-order valence-electron chi connectivity index (χ4n) is 2.59. The number of aliphatic hydroxyl groups is 1. The van der Waals surface area contributed by atoms with Gasteiger partial charge in [0.2, 0.25) is 0 Å². The number of fused-ring (bicyclic) bond motifs is 2. The van der Waals surface area contributed by atoms with Crippen molar-refractivity contribution in [3.63, 3.8) is 0 Å². The smallest absolute Gasteiger partial charge is 0.196 e. The van der Waals surface area contributed by atoms with Crippen LogP contribution >= 0.6 is 0 Å². The number of nitrogens with two attached hydrogens (primary N) is 1. The van der Waals surface area contributed by atoms with E-state index in [2.05, 4.69) is 0 Å². The summed E-state index contributed by atoms with van der Waals surface area (Å²) in [4.78, 5) is 25.0. The van der Waals surface area contributed by atoms with Crippen molar-refractivity contribution in [2.45, 2.75) is 6.42 Å². The minimum absolute atomic E-state index is 0.0539. The lowest BCUT2D eigenvalue weighted by atomic mass is 9.82. The number of anilines is 1. The van der Waals surface area contributed by atoms with Gasteiger partial charge >= 0.3 is 0 Å². The molecule has 0 aliphatic heterocycles. The first kappa shape index (κ1) is 12.6. The highest BCUT2D eigenvalue weighted by atomic mass is 16.3. The van der Waals surface area contributed by atoms with E-state index in [-0.39, 0.29) is 23.7 Å². The van der Waals surface area contributed by atoms with Gasteiger partial charge in [0, 0.05) is 29.0 Å². The van der Waals surface area contributed by atoms with E-state index >= 15 is 0 Å². The van der Waals surface area contributed by atoms with Crippen LogP contribution in [-0.2, 0) is 6.42 Å². The molecule has 0 radical (unpaired) electrons. The fourth-order valence-corrected chi connectivity index (χ4v) is 2.59. The van der Waals surface area contributed by atoms with Gasteiger partial charge in [0.05, 0.1) is 5.56 Å². The standard InChI is InChI=1S/C16H13NO3/c17-14-9(7-8-18)5-6-12-13(14)16(20)11-4-2-1-3-10(11)15(12)19/h1-6,18H,7-8,17H2. The molecule has 20 heavy (non-hydrogen) atoms. The van der Waals surface area contributed by atoms with Crippen molar-refractivity contribution in [3.8, 4) is 0 Å². The quantitative estimate of drug-likeness (QED) is 0.691. The second-order valence-corrected chi connectivity index (χ2v) is 4.74. The van der Waals surface area contributed by atoms with E-state index in [4.69, 9.17) is 10.8 Å². The molecule has 3 rings (SSSR count). The number of carbonyl (C=O) groups is 2. The van der Waals surface area contributed by atoms with Crippen molar-refractivity contribution in [2.75, 3.05) is 12.3 Å². The Labute approximate surface area is 115 Å². The summed E-state index contributed by atoms with van der Waals surface area (Å²) in [6.45, 7) is -0.0539. The minimum atomic E-state index is -0.229. The molecule has 100 valence electrons. The maximum Gasteiger partial charge on any atom is 0.196 e. The molecule has 0 atom stereocenters. The molecule has 0 spiro atoms. The zero-order chi connectivity index (χ0) is 14.3. The van der Waals surface area contributed by atoms with Crippen LogP contribution in [0.1, 0.15) is 37.4 Å². The van der Waals surface area contributed by atoms with Crippen LogP contribution < -0.4 is 5.73 Å². The summed E-state index contributed by atoms with van der Waals surface area (Å²) in [5.41, 5.74) is 8.41. The van der Waals surface area contributed by atoms with Gasteiger partial charge in [-0.3, -0.25) is 9.59 Å². The number of hydrogen-bond donors (Lipinski definition) is 2. The second kappa shape index (κ2) is 4.58. The monoisotopic (exact) mass is 267 g/mol. The Morgan fingerprint density at radius 1 is 0.900 bits per heavy atom. The van der Waals surface area contributed by atoms with Gasteiger partial charge in [-0.1, -0.05) is 30.3 Å². The van der Waals surface area contributed by atoms with Crippen LogP contribution in [0.2, 0.25) is 0 Å². The average molecular weight is 267 g/mol. The Morgan fingerprint density at radius 2 is 1.55 bits per heavy atom. The van der Waals surface area contributed by atoms with E-state index in [0.717, 1.165) is 0 Å². The molecule has 0 heterocycles. The van der Waals surface area contributed by atoms with Gasteiger partial charge in [-0.25, -0.2) is 0 Å². The summed E-state index contributed by atoms with van der Waals surface area (Å²) >= 11 is 0. The third kappa shape index (κ3) is 1.66. The summed E-state index contributed by atoms with van der Waals surface area (Å²) < 4.78 is 0. The number of ketones is 2. The molecule has 1 aliphatic rings. The summed E-state index contributed by atoms with van der Waals surface area (Å²) in [6, 6.07) is 10.1. The molecule has 2 aromatic carbocycles. The highest BCUT2D eigenvalue weighted by molar-refractivity contribution is 6.30. The van der Waals surface area contributed by atoms with Crippen molar-refractivity contribution in [1.82, 2.24) is 0 Å². The lowest BCUT2D eigenvalue weighted by molar-refractivity contribution is 0.0979. The Bertz CT molecular complexity index is 734. The minimum Gasteiger partial charge on any atom is -0.398 e. The van der Waals surface area contributed by atoms with Crippen molar-refractivity contribution in [2.24, 2.45) is 0 Å². The Hall–Kier alpha value is -2.46. The first-order chi connectivity index (χ1) is 9.65. The van der Waals surface area contributed by atoms with E-state index in [9.17, 15) is 9.59 Å². The molecule has 0 amide bonds. The van der Waals surface area contributed by atoms with Gasteiger partial charge in [0.1, 0.15) is 0 Å². The van der Waals surface area contributed by atoms with Crippen LogP contribution in [-0.4, -0.2) is 23.3 Å². The summed E-state index contributed by atoms with van der Waals surface area (Å²) in [7, 11) is 0. The summed E-state index contributed by atoms with van der Waals surface area (Å²) in [5.74, 6) is -0.412. The Kier molecular flexibility index (Phi) is 2.88. The summed E-state index contributed by atoms with van der Waals surface area (Å²) in [5, 5.41) is 9.02. The van der Waals surface area contributed by atoms with Crippen LogP contribution in [0.5, 0.6) is 0 Å². The average Bonchev–Trinajstić information content (AvgIpc) is 2.47. The molecule has 3 N–H and O–H groups in total. The van der Waals surface area contributed by atoms with Crippen molar-refractivity contribution in [1.29, 1.82) is 0 Å². The highest BCUT2D eigenvalue weighted by Gasteiger charge is 2.31. The van der Waals surface area contributed by atoms with Crippen LogP contribution in [0.25, 0.3) is 0 Å². The third-order valence-electron chi connectivity index (χ3n) is 3.60. The van der Waals surface area contributed by atoms with Crippen LogP contribution in [0.4, 0.5) is 5.69 Å². The molecule has 4 nitrogen and oxygen atoms in total. The van der Waals surface area contributed by atoms with Gasteiger partial charge in [-0.15, -0.1) is 0 Å². The normalized spacial score (nSPS) is 13.1. The third-order valence-corrected chi connectivity index (χ3v) is 3.60. The van der Waals surface area contributed by atoms with Crippen molar-refractivity contribution >= 4 is 17.3 Å². The van der Waals surface area contributed by atoms with Crippen molar-refractivity contribution < 1.29 is 14.7 Å². The fraction of sp³-hybridized carbons (Fsp3) is 0.125. The van der Waals surface area contributed by atoms with E-state index in [1.54, 1.807) is 36.4 Å². The maximum atomic E-state index is 12.5. The van der Waals surface area contributed by atoms with Crippen LogP contribution in [0.15, 0.2) is 36.4 Å². The second-order valence-electron chi connectivity index (χ2n) is 4.74. The van der Waals surface area contributed by atoms with Gasteiger partial charge in [0.15, 0.2) is 11.6 Å². The first-order valence-corrected chi connectivity index (χ1v) is 6.35. The number of hydrogen-bond acceptors (Lipinski definition) is 4. The predicted molar refractivity (Wildman–Crippen MR) is 75.0 cm³/mol. The highest BCUT2D eigenvalue weighted by Crippen LogP contribution is 2.32. The molecule has 1 aliphatic carbocycles. The lowest BCUT2D eigenvalue weighted by Crippen LogP contribution is -2.23. The number of aliphatic hydroxyl groups excluding tert-OH is 1. The largest absolute Gasteiger partial charge is 0.398 e. The van der Waals surface area contributed by atoms with E-state index < -0.39 is 0 Å².